The fourth-order valence-electron chi connectivity index (χ4n) is 1.28. The van der Waals surface area contributed by atoms with Crippen molar-refractivity contribution in [2.24, 2.45) is 0 Å². The second-order valence-electron chi connectivity index (χ2n) is 3.32. The lowest BCUT2D eigenvalue weighted by atomic mass is 10.4. The Bertz CT molecular complexity index is 536. The highest BCUT2D eigenvalue weighted by atomic mass is 79.9. The lowest BCUT2D eigenvalue weighted by Crippen LogP contribution is -1.91. The number of halogens is 1. The van der Waals surface area contributed by atoms with Gasteiger partial charge in [0.1, 0.15) is 5.76 Å². The Labute approximate surface area is 111 Å². The zero-order valence-electron chi connectivity index (χ0n) is 8.72. The lowest BCUT2D eigenvalue weighted by Gasteiger charge is -1.99. The van der Waals surface area contributed by atoms with Crippen molar-refractivity contribution in [1.82, 2.24) is 0 Å². The number of rotatable bonds is 4. The van der Waals surface area contributed by atoms with E-state index >= 15 is 0 Å². The molecule has 17 heavy (non-hydrogen) atoms. The first-order chi connectivity index (χ1) is 8.15. The first kappa shape index (κ1) is 12.3. The van der Waals surface area contributed by atoms with Crippen molar-refractivity contribution < 1.29 is 14.3 Å². The maximum atomic E-state index is 10.6. The standard InChI is InChI=1S/C12H9BrO3S/c13-8-2-1-3-10(6-8)17-7-9-4-5-11(16-9)12(14)15/h1-6H,7H2,(H,14,15). The van der Waals surface area contributed by atoms with Crippen LogP contribution in [0.3, 0.4) is 0 Å². The number of benzene rings is 1. The molecule has 0 bridgehead atoms. The Hall–Kier alpha value is -1.20. The maximum absolute atomic E-state index is 10.6. The molecule has 1 N–H and O–H groups in total. The summed E-state index contributed by atoms with van der Waals surface area (Å²) in [6.07, 6.45) is 0. The normalized spacial score (nSPS) is 10.4. The predicted molar refractivity (Wildman–Crippen MR) is 69.4 cm³/mol. The number of carbonyl (C=O) groups is 1. The van der Waals surface area contributed by atoms with Crippen LogP contribution in [0.1, 0.15) is 16.3 Å². The van der Waals surface area contributed by atoms with Gasteiger partial charge in [0.25, 0.3) is 0 Å². The van der Waals surface area contributed by atoms with Gasteiger partial charge >= 0.3 is 5.97 Å². The highest BCUT2D eigenvalue weighted by Gasteiger charge is 2.08. The third-order valence-corrected chi connectivity index (χ3v) is 3.56. The van der Waals surface area contributed by atoms with Crippen LogP contribution in [0.25, 0.3) is 0 Å². The smallest absolute Gasteiger partial charge is 0.371 e. The summed E-state index contributed by atoms with van der Waals surface area (Å²) in [5, 5.41) is 8.71. The molecule has 0 spiro atoms. The Morgan fingerprint density at radius 2 is 2.18 bits per heavy atom. The molecular weight excluding hydrogens is 304 g/mol. The van der Waals surface area contributed by atoms with E-state index in [1.54, 1.807) is 17.8 Å². The van der Waals surface area contributed by atoms with Crippen LogP contribution in [0.4, 0.5) is 0 Å². The molecule has 0 atom stereocenters. The summed E-state index contributed by atoms with van der Waals surface area (Å²) in [4.78, 5) is 11.7. The molecule has 0 amide bonds. The van der Waals surface area contributed by atoms with Crippen LogP contribution in [0.15, 0.2) is 50.2 Å². The summed E-state index contributed by atoms with van der Waals surface area (Å²) in [5.74, 6) is 0.218. The van der Waals surface area contributed by atoms with Crippen molar-refractivity contribution in [2.75, 3.05) is 0 Å². The van der Waals surface area contributed by atoms with E-state index in [1.165, 1.54) is 6.07 Å². The average molecular weight is 313 g/mol. The third kappa shape index (κ3) is 3.38. The molecule has 0 unspecified atom stereocenters. The Kier molecular flexibility index (Phi) is 3.91. The zero-order chi connectivity index (χ0) is 12.3. The van der Waals surface area contributed by atoms with Crippen LogP contribution < -0.4 is 0 Å². The fourth-order valence-corrected chi connectivity index (χ4v) is 2.68. The molecule has 0 saturated carbocycles. The molecule has 3 nitrogen and oxygen atoms in total. The summed E-state index contributed by atoms with van der Waals surface area (Å²) >= 11 is 4.99. The van der Waals surface area contributed by atoms with E-state index in [0.29, 0.717) is 11.5 Å². The van der Waals surface area contributed by atoms with Gasteiger partial charge in [-0.1, -0.05) is 22.0 Å². The van der Waals surface area contributed by atoms with E-state index in [4.69, 9.17) is 9.52 Å². The number of hydrogen-bond donors (Lipinski definition) is 1. The second kappa shape index (κ2) is 5.42. The van der Waals surface area contributed by atoms with Gasteiger partial charge in [0.15, 0.2) is 0 Å². The first-order valence-electron chi connectivity index (χ1n) is 4.85. The molecule has 5 heteroatoms. The van der Waals surface area contributed by atoms with Crippen molar-refractivity contribution in [1.29, 1.82) is 0 Å². The molecule has 1 aromatic carbocycles. The lowest BCUT2D eigenvalue weighted by molar-refractivity contribution is 0.0661. The third-order valence-electron chi connectivity index (χ3n) is 2.05. The molecule has 0 aliphatic carbocycles. The van der Waals surface area contributed by atoms with Gasteiger partial charge in [-0.15, -0.1) is 11.8 Å². The molecule has 0 fully saturated rings. The van der Waals surface area contributed by atoms with E-state index in [2.05, 4.69) is 15.9 Å². The SMILES string of the molecule is O=C(O)c1ccc(CSc2cccc(Br)c2)o1. The quantitative estimate of drug-likeness (QED) is 0.866. The highest BCUT2D eigenvalue weighted by molar-refractivity contribution is 9.10. The van der Waals surface area contributed by atoms with E-state index in [-0.39, 0.29) is 5.76 Å². The van der Waals surface area contributed by atoms with Gasteiger partial charge in [-0.25, -0.2) is 4.79 Å². The van der Waals surface area contributed by atoms with Gasteiger partial charge in [-0.3, -0.25) is 0 Å². The van der Waals surface area contributed by atoms with Gasteiger partial charge in [-0.05, 0) is 30.3 Å². The molecule has 0 radical (unpaired) electrons. The van der Waals surface area contributed by atoms with E-state index in [9.17, 15) is 4.79 Å². The molecule has 1 aromatic heterocycles. The largest absolute Gasteiger partial charge is 0.475 e. The van der Waals surface area contributed by atoms with Gasteiger partial charge in [0, 0.05) is 9.37 Å². The molecule has 2 rings (SSSR count). The topological polar surface area (TPSA) is 50.4 Å². The van der Waals surface area contributed by atoms with Crippen molar-refractivity contribution in [3.63, 3.8) is 0 Å². The molecule has 88 valence electrons. The van der Waals surface area contributed by atoms with Gasteiger partial charge in [0.2, 0.25) is 5.76 Å². The molecular formula is C12H9BrO3S. The van der Waals surface area contributed by atoms with Gasteiger partial charge in [-0.2, -0.15) is 0 Å². The summed E-state index contributed by atoms with van der Waals surface area (Å²) in [6.45, 7) is 0. The van der Waals surface area contributed by atoms with Crippen LogP contribution >= 0.6 is 27.7 Å². The molecule has 1 heterocycles. The van der Waals surface area contributed by atoms with E-state index in [0.717, 1.165) is 9.37 Å². The summed E-state index contributed by atoms with van der Waals surface area (Å²) in [7, 11) is 0. The van der Waals surface area contributed by atoms with Crippen molar-refractivity contribution in [3.05, 3.63) is 52.4 Å². The first-order valence-corrected chi connectivity index (χ1v) is 6.63. The Balaban J connectivity index is 2.00. The summed E-state index contributed by atoms with van der Waals surface area (Å²) < 4.78 is 6.19. The Morgan fingerprint density at radius 3 is 2.82 bits per heavy atom. The number of furan rings is 1. The maximum Gasteiger partial charge on any atom is 0.371 e. The number of carboxylic acids is 1. The highest BCUT2D eigenvalue weighted by Crippen LogP contribution is 2.26. The van der Waals surface area contributed by atoms with Crippen molar-refractivity contribution in [3.8, 4) is 0 Å². The van der Waals surface area contributed by atoms with Crippen LogP contribution in [0.5, 0.6) is 0 Å². The van der Waals surface area contributed by atoms with E-state index in [1.807, 2.05) is 24.3 Å². The van der Waals surface area contributed by atoms with Gasteiger partial charge < -0.3 is 9.52 Å². The minimum absolute atomic E-state index is 0.0187. The van der Waals surface area contributed by atoms with Crippen LogP contribution in [0.2, 0.25) is 0 Å². The van der Waals surface area contributed by atoms with Crippen molar-refractivity contribution in [2.45, 2.75) is 10.6 Å². The number of thioether (sulfide) groups is 1. The minimum Gasteiger partial charge on any atom is -0.475 e. The zero-order valence-corrected chi connectivity index (χ0v) is 11.1. The Morgan fingerprint density at radius 1 is 1.35 bits per heavy atom. The number of carboxylic acid groups (broad SMARTS) is 1. The predicted octanol–water partition coefficient (Wildman–Crippen LogP) is 4.03. The average Bonchev–Trinajstić information content (AvgIpc) is 2.75. The summed E-state index contributed by atoms with van der Waals surface area (Å²) in [5.41, 5.74) is 0. The van der Waals surface area contributed by atoms with Crippen LogP contribution in [-0.4, -0.2) is 11.1 Å². The van der Waals surface area contributed by atoms with Gasteiger partial charge in [0.05, 0.1) is 5.75 Å². The van der Waals surface area contributed by atoms with Crippen molar-refractivity contribution >= 4 is 33.7 Å². The fraction of sp³-hybridized carbons (Fsp3) is 0.0833. The molecule has 0 aliphatic heterocycles. The summed E-state index contributed by atoms with van der Waals surface area (Å²) in [6, 6.07) is 11.1. The number of hydrogen-bond acceptors (Lipinski definition) is 3. The second-order valence-corrected chi connectivity index (χ2v) is 5.28. The monoisotopic (exact) mass is 312 g/mol. The molecule has 0 saturated heterocycles. The minimum atomic E-state index is -1.04. The number of aromatic carboxylic acids is 1. The van der Waals surface area contributed by atoms with E-state index < -0.39 is 5.97 Å². The molecule has 0 aliphatic rings. The molecule has 2 aromatic rings. The van der Waals surface area contributed by atoms with Crippen LogP contribution in [0, 0.1) is 0 Å². The van der Waals surface area contributed by atoms with Crippen LogP contribution in [-0.2, 0) is 5.75 Å².